The number of anilines is 1. The predicted molar refractivity (Wildman–Crippen MR) is 102 cm³/mol. The first-order valence-corrected chi connectivity index (χ1v) is 8.68. The van der Waals surface area contributed by atoms with E-state index in [0.717, 1.165) is 17.1 Å². The van der Waals surface area contributed by atoms with E-state index in [0.29, 0.717) is 5.82 Å². The van der Waals surface area contributed by atoms with E-state index in [9.17, 15) is 14.0 Å². The molecule has 27 heavy (non-hydrogen) atoms. The van der Waals surface area contributed by atoms with Gasteiger partial charge in [0.15, 0.2) is 0 Å². The maximum Gasteiger partial charge on any atom is 0.251 e. The molecule has 0 saturated carbocycles. The average molecular weight is 368 g/mol. The van der Waals surface area contributed by atoms with Gasteiger partial charge in [0.2, 0.25) is 5.91 Å². The van der Waals surface area contributed by atoms with Crippen LogP contribution in [-0.4, -0.2) is 21.8 Å². The summed E-state index contributed by atoms with van der Waals surface area (Å²) in [6.45, 7) is 5.24. The molecule has 2 aromatic carbocycles. The van der Waals surface area contributed by atoms with Gasteiger partial charge < -0.3 is 15.6 Å². The van der Waals surface area contributed by atoms with Crippen molar-refractivity contribution < 1.29 is 14.0 Å². The number of rotatable bonds is 5. The number of carbonyl (C=O) groups excluding carboxylic acids is 2. The van der Waals surface area contributed by atoms with Gasteiger partial charge in [0.1, 0.15) is 11.6 Å². The number of para-hydroxylation sites is 2. The standard InChI is InChI=1S/C20H21FN4O2/c1-11(2)18(19-23-15-6-4-5-7-16(15)24-19)25-20(27)13-8-9-14(21)17(10-13)22-12(3)26/h4-11,18H,1-3H3,(H,22,26)(H,23,24)(H,25,27). The number of benzene rings is 2. The number of hydrogen-bond acceptors (Lipinski definition) is 3. The quantitative estimate of drug-likeness (QED) is 0.640. The number of nitrogens with one attached hydrogen (secondary N) is 3. The fourth-order valence-electron chi connectivity index (χ4n) is 2.85. The number of nitrogens with zero attached hydrogens (tertiary/aromatic N) is 1. The molecule has 1 aromatic heterocycles. The highest BCUT2D eigenvalue weighted by Gasteiger charge is 2.23. The van der Waals surface area contributed by atoms with Crippen molar-refractivity contribution >= 4 is 28.5 Å². The largest absolute Gasteiger partial charge is 0.342 e. The minimum absolute atomic E-state index is 0.0278. The van der Waals surface area contributed by atoms with Crippen LogP contribution >= 0.6 is 0 Å². The van der Waals surface area contributed by atoms with Crippen LogP contribution in [0.3, 0.4) is 0 Å². The smallest absolute Gasteiger partial charge is 0.251 e. The minimum Gasteiger partial charge on any atom is -0.342 e. The second kappa shape index (κ2) is 7.57. The van der Waals surface area contributed by atoms with E-state index in [1.165, 1.54) is 19.1 Å². The summed E-state index contributed by atoms with van der Waals surface area (Å²) in [5.41, 5.74) is 1.94. The lowest BCUT2D eigenvalue weighted by Gasteiger charge is -2.20. The topological polar surface area (TPSA) is 86.9 Å². The van der Waals surface area contributed by atoms with E-state index in [4.69, 9.17) is 0 Å². The number of fused-ring (bicyclic) bond motifs is 1. The third-order valence-electron chi connectivity index (χ3n) is 4.19. The summed E-state index contributed by atoms with van der Waals surface area (Å²) in [6, 6.07) is 11.1. The summed E-state index contributed by atoms with van der Waals surface area (Å²) in [6.07, 6.45) is 0. The van der Waals surface area contributed by atoms with Gasteiger partial charge in [0.25, 0.3) is 5.91 Å². The van der Waals surface area contributed by atoms with Gasteiger partial charge in [-0.25, -0.2) is 9.37 Å². The zero-order valence-corrected chi connectivity index (χ0v) is 15.3. The highest BCUT2D eigenvalue weighted by Crippen LogP contribution is 2.23. The van der Waals surface area contributed by atoms with Gasteiger partial charge in [-0.3, -0.25) is 9.59 Å². The van der Waals surface area contributed by atoms with Crippen LogP contribution in [0.4, 0.5) is 10.1 Å². The van der Waals surface area contributed by atoms with E-state index in [2.05, 4.69) is 20.6 Å². The number of H-pyrrole nitrogens is 1. The van der Waals surface area contributed by atoms with Crippen LogP contribution in [0.2, 0.25) is 0 Å². The van der Waals surface area contributed by atoms with E-state index in [1.54, 1.807) is 0 Å². The number of carbonyl (C=O) groups is 2. The molecular formula is C20H21FN4O2. The Kier molecular flexibility index (Phi) is 5.21. The maximum absolute atomic E-state index is 13.8. The van der Waals surface area contributed by atoms with Gasteiger partial charge >= 0.3 is 0 Å². The Morgan fingerprint density at radius 1 is 1.15 bits per heavy atom. The summed E-state index contributed by atoms with van der Waals surface area (Å²) in [4.78, 5) is 31.7. The Morgan fingerprint density at radius 2 is 1.89 bits per heavy atom. The SMILES string of the molecule is CC(=O)Nc1cc(C(=O)NC(c2nc3ccccc3[nH]2)C(C)C)ccc1F. The second-order valence-corrected chi connectivity index (χ2v) is 6.71. The molecule has 6 nitrogen and oxygen atoms in total. The van der Waals surface area contributed by atoms with Crippen molar-refractivity contribution in [3.05, 3.63) is 59.7 Å². The molecule has 3 N–H and O–H groups in total. The Hall–Kier alpha value is -3.22. The lowest BCUT2D eigenvalue weighted by Crippen LogP contribution is -2.32. The van der Waals surface area contributed by atoms with Crippen molar-refractivity contribution in [2.75, 3.05) is 5.32 Å². The molecule has 0 aliphatic carbocycles. The lowest BCUT2D eigenvalue weighted by atomic mass is 10.0. The molecule has 7 heteroatoms. The molecule has 0 bridgehead atoms. The molecule has 3 rings (SSSR count). The van der Waals surface area contributed by atoms with Crippen LogP contribution in [0.25, 0.3) is 11.0 Å². The van der Waals surface area contributed by atoms with E-state index in [1.807, 2.05) is 38.1 Å². The minimum atomic E-state index is -0.598. The van der Waals surface area contributed by atoms with Gasteiger partial charge in [-0.05, 0) is 36.2 Å². The average Bonchev–Trinajstić information content (AvgIpc) is 3.04. The maximum atomic E-state index is 13.8. The van der Waals surface area contributed by atoms with Crippen molar-refractivity contribution in [2.45, 2.75) is 26.8 Å². The lowest BCUT2D eigenvalue weighted by molar-refractivity contribution is -0.114. The van der Waals surface area contributed by atoms with Gasteiger partial charge in [-0.1, -0.05) is 26.0 Å². The highest BCUT2D eigenvalue weighted by molar-refractivity contribution is 5.97. The Labute approximate surface area is 156 Å². The molecule has 0 aliphatic rings. The first-order chi connectivity index (χ1) is 12.8. The molecule has 3 aromatic rings. The molecule has 140 valence electrons. The van der Waals surface area contributed by atoms with E-state index < -0.39 is 11.7 Å². The highest BCUT2D eigenvalue weighted by atomic mass is 19.1. The Balaban J connectivity index is 1.86. The second-order valence-electron chi connectivity index (χ2n) is 6.71. The van der Waals surface area contributed by atoms with Crippen LogP contribution in [0.5, 0.6) is 0 Å². The molecule has 0 aliphatic heterocycles. The monoisotopic (exact) mass is 368 g/mol. The number of imidazole rings is 1. The Morgan fingerprint density at radius 3 is 2.56 bits per heavy atom. The van der Waals surface area contributed by atoms with Gasteiger partial charge in [0.05, 0.1) is 22.8 Å². The molecule has 1 atom stereocenters. The van der Waals surface area contributed by atoms with Crippen molar-refractivity contribution in [3.8, 4) is 0 Å². The number of hydrogen-bond donors (Lipinski definition) is 3. The van der Waals surface area contributed by atoms with Gasteiger partial charge in [-0.2, -0.15) is 0 Å². The van der Waals surface area contributed by atoms with E-state index in [-0.39, 0.29) is 29.1 Å². The molecule has 0 spiro atoms. The van der Waals surface area contributed by atoms with Crippen molar-refractivity contribution in [3.63, 3.8) is 0 Å². The fraction of sp³-hybridized carbons (Fsp3) is 0.250. The van der Waals surface area contributed by atoms with Crippen LogP contribution in [-0.2, 0) is 4.79 Å². The van der Waals surface area contributed by atoms with Crippen LogP contribution in [0.1, 0.15) is 43.0 Å². The first-order valence-electron chi connectivity index (χ1n) is 8.68. The van der Waals surface area contributed by atoms with Crippen LogP contribution in [0.15, 0.2) is 42.5 Å². The number of amides is 2. The van der Waals surface area contributed by atoms with Crippen molar-refractivity contribution in [2.24, 2.45) is 5.92 Å². The van der Waals surface area contributed by atoms with Crippen molar-refractivity contribution in [1.29, 1.82) is 0 Å². The summed E-state index contributed by atoms with van der Waals surface area (Å²) >= 11 is 0. The summed E-state index contributed by atoms with van der Waals surface area (Å²) in [5, 5.41) is 5.32. The van der Waals surface area contributed by atoms with Crippen molar-refractivity contribution in [1.82, 2.24) is 15.3 Å². The molecule has 0 saturated heterocycles. The predicted octanol–water partition coefficient (Wildman–Crippen LogP) is 3.79. The van der Waals surface area contributed by atoms with Crippen LogP contribution < -0.4 is 10.6 Å². The molecule has 2 amide bonds. The summed E-state index contributed by atoms with van der Waals surface area (Å²) < 4.78 is 13.8. The molecular weight excluding hydrogens is 347 g/mol. The summed E-state index contributed by atoms with van der Waals surface area (Å²) in [7, 11) is 0. The number of halogens is 1. The number of aromatic nitrogens is 2. The Bertz CT molecular complexity index is 964. The van der Waals surface area contributed by atoms with E-state index >= 15 is 0 Å². The zero-order valence-electron chi connectivity index (χ0n) is 15.3. The third-order valence-corrected chi connectivity index (χ3v) is 4.19. The summed E-state index contributed by atoms with van der Waals surface area (Å²) in [5.74, 6) is -0.650. The van der Waals surface area contributed by atoms with Gasteiger partial charge in [-0.15, -0.1) is 0 Å². The fourth-order valence-corrected chi connectivity index (χ4v) is 2.85. The zero-order chi connectivity index (χ0) is 19.6. The molecule has 0 fully saturated rings. The van der Waals surface area contributed by atoms with Crippen LogP contribution in [0, 0.1) is 11.7 Å². The first kappa shape index (κ1) is 18.6. The normalized spacial score (nSPS) is 12.2. The molecule has 1 heterocycles. The third kappa shape index (κ3) is 4.13. The van der Waals surface area contributed by atoms with Gasteiger partial charge in [0, 0.05) is 12.5 Å². The molecule has 0 radical (unpaired) electrons. The molecule has 1 unspecified atom stereocenters. The number of aromatic amines is 1.